The van der Waals surface area contributed by atoms with Crippen molar-refractivity contribution in [3.63, 3.8) is 0 Å². The number of carbonyl (C=O) groups excluding carboxylic acids is 2. The molecule has 6 nitrogen and oxygen atoms in total. The zero-order chi connectivity index (χ0) is 15.9. The first-order chi connectivity index (χ1) is 10.6. The third kappa shape index (κ3) is 4.26. The van der Waals surface area contributed by atoms with Gasteiger partial charge in [-0.3, -0.25) is 14.6 Å². The number of benzene rings is 1. The van der Waals surface area contributed by atoms with E-state index < -0.39 is 11.9 Å². The van der Waals surface area contributed by atoms with Gasteiger partial charge in [0, 0.05) is 24.1 Å². The molecular formula is C16H19N3O3. The van der Waals surface area contributed by atoms with Crippen LogP contribution in [0.2, 0.25) is 0 Å². The van der Waals surface area contributed by atoms with Crippen LogP contribution in [0.4, 0.5) is 0 Å². The molecule has 3 N–H and O–H groups in total. The minimum Gasteiger partial charge on any atom is -0.372 e. The number of hydrogen-bond donors (Lipinski definition) is 2. The lowest BCUT2D eigenvalue weighted by Gasteiger charge is -2.15. The van der Waals surface area contributed by atoms with Crippen LogP contribution in [0, 0.1) is 0 Å². The van der Waals surface area contributed by atoms with Crippen LogP contribution in [0.25, 0.3) is 10.9 Å². The highest BCUT2D eigenvalue weighted by molar-refractivity contribution is 5.87. The predicted octanol–water partition coefficient (Wildman–Crippen LogP) is 0.784. The van der Waals surface area contributed by atoms with E-state index in [0.717, 1.165) is 10.9 Å². The fourth-order valence-corrected chi connectivity index (χ4v) is 2.08. The number of ether oxygens (including phenoxy) is 1. The van der Waals surface area contributed by atoms with Gasteiger partial charge in [0.2, 0.25) is 11.8 Å². The van der Waals surface area contributed by atoms with Crippen LogP contribution in [0.5, 0.6) is 0 Å². The van der Waals surface area contributed by atoms with E-state index in [1.807, 2.05) is 36.4 Å². The normalized spacial score (nSPS) is 12.0. The van der Waals surface area contributed by atoms with Crippen molar-refractivity contribution in [2.45, 2.75) is 19.4 Å². The van der Waals surface area contributed by atoms with E-state index >= 15 is 0 Å². The van der Waals surface area contributed by atoms with Gasteiger partial charge in [0.05, 0.1) is 5.52 Å². The second-order valence-corrected chi connectivity index (χ2v) is 4.86. The second kappa shape index (κ2) is 7.51. The highest BCUT2D eigenvalue weighted by Crippen LogP contribution is 2.12. The Morgan fingerprint density at radius 3 is 2.77 bits per heavy atom. The third-order valence-corrected chi connectivity index (χ3v) is 3.19. The molecule has 116 valence electrons. The van der Waals surface area contributed by atoms with Crippen LogP contribution in [-0.4, -0.2) is 36.1 Å². The summed E-state index contributed by atoms with van der Waals surface area (Å²) in [5, 5.41) is 3.59. The molecule has 1 heterocycles. The van der Waals surface area contributed by atoms with Crippen LogP contribution < -0.4 is 11.1 Å². The smallest absolute Gasteiger partial charge is 0.246 e. The molecule has 1 aromatic heterocycles. The molecule has 2 aromatic rings. The molecule has 0 saturated carbocycles. The first-order valence-electron chi connectivity index (χ1n) is 7.11. The Kier molecular flexibility index (Phi) is 5.43. The molecule has 0 aliphatic carbocycles. The number of aromatic nitrogens is 1. The van der Waals surface area contributed by atoms with Gasteiger partial charge in [-0.2, -0.15) is 0 Å². The first-order valence-corrected chi connectivity index (χ1v) is 7.11. The van der Waals surface area contributed by atoms with Crippen LogP contribution >= 0.6 is 0 Å². The third-order valence-electron chi connectivity index (χ3n) is 3.19. The van der Waals surface area contributed by atoms with E-state index in [9.17, 15) is 9.59 Å². The van der Waals surface area contributed by atoms with E-state index in [4.69, 9.17) is 10.5 Å². The Balaban J connectivity index is 2.08. The van der Waals surface area contributed by atoms with E-state index in [1.54, 1.807) is 6.92 Å². The van der Waals surface area contributed by atoms with E-state index in [2.05, 4.69) is 10.3 Å². The summed E-state index contributed by atoms with van der Waals surface area (Å²) in [6.07, 6.45) is 0.248. The van der Waals surface area contributed by atoms with E-state index in [-0.39, 0.29) is 18.9 Å². The standard InChI is InChI=1S/C16H19N3O3/c1-2-22-10-15(20)19-14(16(17)21)9-12-8-7-11-5-3-4-6-13(11)18-12/h3-8,14H,2,9-10H2,1H3,(H2,17,21)(H,19,20)/t14-/m1/s1. The summed E-state index contributed by atoms with van der Waals surface area (Å²) >= 11 is 0. The number of amides is 2. The van der Waals surface area contributed by atoms with E-state index in [1.165, 1.54) is 0 Å². The largest absolute Gasteiger partial charge is 0.372 e. The number of carbonyl (C=O) groups is 2. The molecule has 2 amide bonds. The average Bonchev–Trinajstić information content (AvgIpc) is 2.52. The van der Waals surface area contributed by atoms with Gasteiger partial charge in [-0.1, -0.05) is 24.3 Å². The lowest BCUT2D eigenvalue weighted by Crippen LogP contribution is -2.47. The summed E-state index contributed by atoms with van der Waals surface area (Å²) in [5.41, 5.74) is 6.88. The van der Waals surface area contributed by atoms with Crippen molar-refractivity contribution in [2.24, 2.45) is 5.73 Å². The predicted molar refractivity (Wildman–Crippen MR) is 83.1 cm³/mol. The quantitative estimate of drug-likeness (QED) is 0.790. The van der Waals surface area contributed by atoms with Gasteiger partial charge in [0.1, 0.15) is 12.6 Å². The molecule has 0 aliphatic rings. The Bertz CT molecular complexity index is 672. The second-order valence-electron chi connectivity index (χ2n) is 4.86. The minimum atomic E-state index is -0.804. The molecule has 0 spiro atoms. The molecule has 0 aliphatic heterocycles. The van der Waals surface area contributed by atoms with Gasteiger partial charge in [-0.15, -0.1) is 0 Å². The van der Waals surface area contributed by atoms with Gasteiger partial charge in [0.25, 0.3) is 0 Å². The molecule has 0 radical (unpaired) electrons. The molecule has 2 rings (SSSR count). The monoisotopic (exact) mass is 301 g/mol. The molecule has 1 atom stereocenters. The molecule has 0 saturated heterocycles. The van der Waals surface area contributed by atoms with Gasteiger partial charge in [0.15, 0.2) is 0 Å². The van der Waals surface area contributed by atoms with Crippen LogP contribution in [0.1, 0.15) is 12.6 Å². The lowest BCUT2D eigenvalue weighted by molar-refractivity contribution is -0.130. The summed E-state index contributed by atoms with van der Waals surface area (Å²) in [5.74, 6) is -0.966. The van der Waals surface area contributed by atoms with Crippen molar-refractivity contribution in [2.75, 3.05) is 13.2 Å². The molecule has 6 heteroatoms. The fourth-order valence-electron chi connectivity index (χ4n) is 2.08. The number of pyridine rings is 1. The highest BCUT2D eigenvalue weighted by Gasteiger charge is 2.19. The fraction of sp³-hybridized carbons (Fsp3) is 0.312. The van der Waals surface area contributed by atoms with Crippen molar-refractivity contribution in [3.05, 3.63) is 42.1 Å². The maximum Gasteiger partial charge on any atom is 0.246 e. The highest BCUT2D eigenvalue weighted by atomic mass is 16.5. The molecule has 22 heavy (non-hydrogen) atoms. The Hall–Kier alpha value is -2.47. The average molecular weight is 301 g/mol. The van der Waals surface area contributed by atoms with Crippen LogP contribution in [0.15, 0.2) is 36.4 Å². The zero-order valence-electron chi connectivity index (χ0n) is 12.4. The summed E-state index contributed by atoms with van der Waals surface area (Å²) in [6, 6.07) is 10.6. The summed E-state index contributed by atoms with van der Waals surface area (Å²) < 4.78 is 5.00. The minimum absolute atomic E-state index is 0.0918. The number of primary amides is 1. The van der Waals surface area contributed by atoms with Gasteiger partial charge < -0.3 is 15.8 Å². The lowest BCUT2D eigenvalue weighted by atomic mass is 10.1. The number of nitrogens with one attached hydrogen (secondary N) is 1. The van der Waals surface area contributed by atoms with Crippen LogP contribution in [-0.2, 0) is 20.7 Å². The number of rotatable bonds is 7. The molecule has 0 unspecified atom stereocenters. The number of hydrogen-bond acceptors (Lipinski definition) is 4. The molecular weight excluding hydrogens is 282 g/mol. The topological polar surface area (TPSA) is 94.3 Å². The number of nitrogens with two attached hydrogens (primary N) is 1. The van der Waals surface area contributed by atoms with Gasteiger partial charge in [-0.05, 0) is 19.1 Å². The Morgan fingerprint density at radius 1 is 1.27 bits per heavy atom. The SMILES string of the molecule is CCOCC(=O)N[C@H](Cc1ccc2ccccc2n1)C(N)=O. The Labute approximate surface area is 128 Å². The Morgan fingerprint density at radius 2 is 2.05 bits per heavy atom. The van der Waals surface area contributed by atoms with Crippen molar-refractivity contribution in [1.29, 1.82) is 0 Å². The van der Waals surface area contributed by atoms with Crippen molar-refractivity contribution in [1.82, 2.24) is 10.3 Å². The van der Waals surface area contributed by atoms with Crippen molar-refractivity contribution in [3.8, 4) is 0 Å². The number of fused-ring (bicyclic) bond motifs is 1. The maximum atomic E-state index is 11.7. The summed E-state index contributed by atoms with van der Waals surface area (Å²) in [6.45, 7) is 2.13. The molecule has 0 bridgehead atoms. The number of nitrogens with zero attached hydrogens (tertiary/aromatic N) is 1. The van der Waals surface area contributed by atoms with Crippen molar-refractivity contribution < 1.29 is 14.3 Å². The summed E-state index contributed by atoms with van der Waals surface area (Å²) in [4.78, 5) is 27.6. The first kappa shape index (κ1) is 15.9. The maximum absolute atomic E-state index is 11.7. The summed E-state index contributed by atoms with van der Waals surface area (Å²) in [7, 11) is 0. The zero-order valence-corrected chi connectivity index (χ0v) is 12.4. The molecule has 0 fully saturated rings. The van der Waals surface area contributed by atoms with Crippen LogP contribution in [0.3, 0.4) is 0 Å². The van der Waals surface area contributed by atoms with Crippen molar-refractivity contribution >= 4 is 22.7 Å². The molecule has 1 aromatic carbocycles. The van der Waals surface area contributed by atoms with Gasteiger partial charge >= 0.3 is 0 Å². The van der Waals surface area contributed by atoms with E-state index in [0.29, 0.717) is 12.3 Å². The number of para-hydroxylation sites is 1. The van der Waals surface area contributed by atoms with Gasteiger partial charge in [-0.25, -0.2) is 0 Å².